The third-order valence-electron chi connectivity index (χ3n) is 6.08. The second-order valence-corrected chi connectivity index (χ2v) is 8.35. The van der Waals surface area contributed by atoms with Crippen LogP contribution in [0.4, 0.5) is 4.39 Å². The zero-order valence-electron chi connectivity index (χ0n) is 18.4. The van der Waals surface area contributed by atoms with E-state index in [1.807, 2.05) is 17.0 Å². The van der Waals surface area contributed by atoms with E-state index in [1.54, 1.807) is 25.4 Å². The minimum atomic E-state index is -0.361. The maximum absolute atomic E-state index is 13.5. The fourth-order valence-corrected chi connectivity index (χ4v) is 4.37. The summed E-state index contributed by atoms with van der Waals surface area (Å²) in [6.45, 7) is 1.94. The molecular formula is C24H30FN5O2. The van der Waals surface area contributed by atoms with Crippen molar-refractivity contribution in [3.8, 4) is 11.6 Å². The van der Waals surface area contributed by atoms with Gasteiger partial charge in [-0.05, 0) is 37.5 Å². The smallest absolute Gasteiger partial charge is 0.225 e. The summed E-state index contributed by atoms with van der Waals surface area (Å²) < 4.78 is 19.3. The summed E-state index contributed by atoms with van der Waals surface area (Å²) in [4.78, 5) is 23.3. The lowest BCUT2D eigenvalue weighted by atomic mass is 10.1. The largest absolute Gasteiger partial charge is 0.439 e. The summed E-state index contributed by atoms with van der Waals surface area (Å²) in [7, 11) is 1.72. The molecule has 1 aromatic heterocycles. The minimum Gasteiger partial charge on any atom is -0.439 e. The second kappa shape index (κ2) is 10.4. The van der Waals surface area contributed by atoms with Gasteiger partial charge in [0, 0.05) is 56.5 Å². The molecule has 2 aliphatic rings. The molecule has 2 heterocycles. The van der Waals surface area contributed by atoms with Crippen molar-refractivity contribution in [2.45, 2.75) is 44.7 Å². The predicted molar refractivity (Wildman–Crippen MR) is 121 cm³/mol. The Bertz CT molecular complexity index is 961. The van der Waals surface area contributed by atoms with E-state index in [-0.39, 0.29) is 17.8 Å². The van der Waals surface area contributed by atoms with Crippen molar-refractivity contribution >= 4 is 11.9 Å². The Labute approximate surface area is 188 Å². The molecule has 32 heavy (non-hydrogen) atoms. The Hall–Kier alpha value is -3.16. The fourth-order valence-electron chi connectivity index (χ4n) is 4.37. The van der Waals surface area contributed by atoms with Gasteiger partial charge in [0.05, 0.1) is 0 Å². The summed E-state index contributed by atoms with van der Waals surface area (Å²) in [5, 5.41) is 6.71. The van der Waals surface area contributed by atoms with E-state index in [4.69, 9.17) is 4.74 Å². The van der Waals surface area contributed by atoms with Crippen molar-refractivity contribution in [3.05, 3.63) is 54.0 Å². The number of hydrogen-bond donors (Lipinski definition) is 2. The van der Waals surface area contributed by atoms with Crippen molar-refractivity contribution in [2.75, 3.05) is 20.1 Å². The zero-order chi connectivity index (χ0) is 22.3. The van der Waals surface area contributed by atoms with Crippen LogP contribution >= 0.6 is 0 Å². The molecule has 0 radical (unpaired) electrons. The standard InChI is InChI=1S/C24H30FN5O2/c1-26-24(29-20-11-13-30(16-20)23(31)17-6-2-3-7-17)28-15-18-8-5-12-27-22(18)32-21-10-4-9-19(25)14-21/h4-5,8-10,12,14,17,20H,2-3,6-7,11,13,15-16H2,1H3,(H2,26,28,29). The van der Waals surface area contributed by atoms with Crippen LogP contribution in [0.1, 0.15) is 37.7 Å². The number of nitrogens with zero attached hydrogens (tertiary/aromatic N) is 3. The van der Waals surface area contributed by atoms with E-state index in [1.165, 1.54) is 25.0 Å². The quantitative estimate of drug-likeness (QED) is 0.532. The number of ether oxygens (including phenoxy) is 1. The first-order valence-electron chi connectivity index (χ1n) is 11.3. The van der Waals surface area contributed by atoms with Crippen LogP contribution < -0.4 is 15.4 Å². The number of carbonyl (C=O) groups is 1. The van der Waals surface area contributed by atoms with Crippen LogP contribution in [0.2, 0.25) is 0 Å². The number of rotatable bonds is 6. The summed E-state index contributed by atoms with van der Waals surface area (Å²) >= 11 is 0. The lowest BCUT2D eigenvalue weighted by Gasteiger charge is -2.21. The van der Waals surface area contributed by atoms with E-state index in [9.17, 15) is 9.18 Å². The summed E-state index contributed by atoms with van der Waals surface area (Å²) in [6.07, 6.45) is 6.94. The van der Waals surface area contributed by atoms with Gasteiger partial charge >= 0.3 is 0 Å². The first kappa shape index (κ1) is 22.0. The molecule has 8 heteroatoms. The Morgan fingerprint density at radius 1 is 1.25 bits per heavy atom. The Morgan fingerprint density at radius 3 is 2.88 bits per heavy atom. The van der Waals surface area contributed by atoms with Gasteiger partial charge in [0.25, 0.3) is 0 Å². The number of nitrogens with one attached hydrogen (secondary N) is 2. The second-order valence-electron chi connectivity index (χ2n) is 8.35. The number of aliphatic imine (C=N–C) groups is 1. The van der Waals surface area contributed by atoms with E-state index in [0.29, 0.717) is 36.6 Å². The van der Waals surface area contributed by atoms with E-state index < -0.39 is 0 Å². The first-order chi connectivity index (χ1) is 15.6. The van der Waals surface area contributed by atoms with E-state index >= 15 is 0 Å². The molecule has 1 aliphatic heterocycles. The molecule has 2 fully saturated rings. The zero-order valence-corrected chi connectivity index (χ0v) is 18.4. The Balaban J connectivity index is 1.31. The molecule has 4 rings (SSSR count). The number of likely N-dealkylation sites (tertiary alicyclic amines) is 1. The van der Waals surface area contributed by atoms with Gasteiger partial charge in [0.2, 0.25) is 11.8 Å². The molecular weight excluding hydrogens is 409 g/mol. The maximum atomic E-state index is 13.5. The van der Waals surface area contributed by atoms with Gasteiger partial charge in [-0.3, -0.25) is 9.79 Å². The van der Waals surface area contributed by atoms with Gasteiger partial charge in [-0.15, -0.1) is 0 Å². The average Bonchev–Trinajstić information content (AvgIpc) is 3.50. The van der Waals surface area contributed by atoms with Crippen molar-refractivity contribution in [3.63, 3.8) is 0 Å². The summed E-state index contributed by atoms with van der Waals surface area (Å²) in [5.74, 6) is 1.63. The molecule has 1 amide bonds. The van der Waals surface area contributed by atoms with Crippen molar-refractivity contribution in [2.24, 2.45) is 10.9 Å². The predicted octanol–water partition coefficient (Wildman–Crippen LogP) is 3.47. The van der Waals surface area contributed by atoms with Crippen molar-refractivity contribution in [1.29, 1.82) is 0 Å². The number of aromatic nitrogens is 1. The molecule has 1 unspecified atom stereocenters. The molecule has 1 aliphatic carbocycles. The lowest BCUT2D eigenvalue weighted by Crippen LogP contribution is -2.45. The van der Waals surface area contributed by atoms with Crippen LogP contribution in [0, 0.1) is 11.7 Å². The van der Waals surface area contributed by atoms with Crippen LogP contribution in [0.5, 0.6) is 11.6 Å². The monoisotopic (exact) mass is 439 g/mol. The number of benzene rings is 1. The van der Waals surface area contributed by atoms with Gasteiger partial charge in [0.1, 0.15) is 11.6 Å². The van der Waals surface area contributed by atoms with E-state index in [0.717, 1.165) is 31.4 Å². The van der Waals surface area contributed by atoms with Gasteiger partial charge in [-0.25, -0.2) is 9.37 Å². The molecule has 2 N–H and O–H groups in total. The SMILES string of the molecule is CN=C(NCc1cccnc1Oc1cccc(F)c1)NC1CCN(C(=O)C2CCCC2)C1. The number of amides is 1. The number of guanidine groups is 1. The number of halogens is 1. The van der Waals surface area contributed by atoms with Crippen LogP contribution in [-0.2, 0) is 11.3 Å². The summed E-state index contributed by atoms with van der Waals surface area (Å²) in [5.41, 5.74) is 0.823. The highest BCUT2D eigenvalue weighted by Gasteiger charge is 2.32. The highest BCUT2D eigenvalue weighted by Crippen LogP contribution is 2.28. The van der Waals surface area contributed by atoms with Crippen LogP contribution in [-0.4, -0.2) is 47.9 Å². The van der Waals surface area contributed by atoms with E-state index in [2.05, 4.69) is 20.6 Å². The minimum absolute atomic E-state index is 0.170. The first-order valence-corrected chi connectivity index (χ1v) is 11.3. The van der Waals surface area contributed by atoms with Crippen LogP contribution in [0.15, 0.2) is 47.6 Å². The third-order valence-corrected chi connectivity index (χ3v) is 6.08. The highest BCUT2D eigenvalue weighted by atomic mass is 19.1. The van der Waals surface area contributed by atoms with Crippen LogP contribution in [0.25, 0.3) is 0 Å². The Kier molecular flexibility index (Phi) is 7.19. The Morgan fingerprint density at radius 2 is 2.09 bits per heavy atom. The topological polar surface area (TPSA) is 78.9 Å². The molecule has 170 valence electrons. The maximum Gasteiger partial charge on any atom is 0.225 e. The third kappa shape index (κ3) is 5.55. The lowest BCUT2D eigenvalue weighted by molar-refractivity contribution is -0.134. The molecule has 1 aromatic carbocycles. The average molecular weight is 440 g/mol. The number of hydrogen-bond acceptors (Lipinski definition) is 4. The van der Waals surface area contributed by atoms with Gasteiger partial charge in [-0.2, -0.15) is 0 Å². The molecule has 7 nitrogen and oxygen atoms in total. The normalized spacial score (nSPS) is 19.2. The molecule has 0 spiro atoms. The van der Waals surface area contributed by atoms with Crippen molar-refractivity contribution in [1.82, 2.24) is 20.5 Å². The van der Waals surface area contributed by atoms with Gasteiger partial charge in [-0.1, -0.05) is 25.0 Å². The molecule has 2 aromatic rings. The van der Waals surface area contributed by atoms with Gasteiger partial charge < -0.3 is 20.3 Å². The highest BCUT2D eigenvalue weighted by molar-refractivity contribution is 5.81. The van der Waals surface area contributed by atoms with Gasteiger partial charge in [0.15, 0.2) is 5.96 Å². The number of pyridine rings is 1. The summed E-state index contributed by atoms with van der Waals surface area (Å²) in [6, 6.07) is 9.88. The molecule has 0 bridgehead atoms. The van der Waals surface area contributed by atoms with Crippen LogP contribution in [0.3, 0.4) is 0 Å². The molecule has 1 saturated heterocycles. The molecule has 1 saturated carbocycles. The molecule has 1 atom stereocenters. The fraction of sp³-hybridized carbons (Fsp3) is 0.458. The van der Waals surface area contributed by atoms with Crippen molar-refractivity contribution < 1.29 is 13.9 Å². The number of carbonyl (C=O) groups excluding carboxylic acids is 1.